The molecule has 23 heavy (non-hydrogen) atoms. The van der Waals surface area contributed by atoms with Crippen LogP contribution < -0.4 is 0 Å². The van der Waals surface area contributed by atoms with E-state index in [1.807, 2.05) is 44.2 Å². The van der Waals surface area contributed by atoms with E-state index in [0.29, 0.717) is 12.8 Å². The Balaban J connectivity index is 2.79. The topological polar surface area (TPSA) is 74.6 Å². The minimum absolute atomic E-state index is 0.158. The first-order chi connectivity index (χ1) is 10.8. The van der Waals surface area contributed by atoms with Crippen molar-refractivity contribution in [1.82, 2.24) is 0 Å². The normalized spacial score (nSPS) is 27.1. The molecule has 0 unspecified atom stereocenters. The van der Waals surface area contributed by atoms with Crippen molar-refractivity contribution in [2.45, 2.75) is 39.0 Å². The van der Waals surface area contributed by atoms with Crippen LogP contribution in [0.2, 0.25) is 0 Å². The Kier molecular flexibility index (Phi) is 4.46. The second kappa shape index (κ2) is 6.03. The molecular formula is C19H22O4. The van der Waals surface area contributed by atoms with Gasteiger partial charge in [-0.1, -0.05) is 63.3 Å². The predicted molar refractivity (Wildman–Crippen MR) is 88.2 cm³/mol. The zero-order valence-corrected chi connectivity index (χ0v) is 13.7. The third-order valence-corrected chi connectivity index (χ3v) is 5.06. The summed E-state index contributed by atoms with van der Waals surface area (Å²) in [6, 6.07) is 9.45. The van der Waals surface area contributed by atoms with Crippen LogP contribution in [0.3, 0.4) is 0 Å². The van der Waals surface area contributed by atoms with Gasteiger partial charge < -0.3 is 10.2 Å². The number of rotatable bonds is 5. The molecule has 0 radical (unpaired) electrons. The molecule has 0 saturated heterocycles. The van der Waals surface area contributed by atoms with Gasteiger partial charge in [0.15, 0.2) is 0 Å². The molecule has 0 spiro atoms. The highest BCUT2D eigenvalue weighted by Gasteiger charge is 2.46. The Hall–Kier alpha value is -2.36. The number of aliphatic carboxylic acids is 2. The van der Waals surface area contributed by atoms with E-state index < -0.39 is 22.8 Å². The average molecular weight is 314 g/mol. The Labute approximate surface area is 136 Å². The van der Waals surface area contributed by atoms with E-state index in [9.17, 15) is 19.8 Å². The van der Waals surface area contributed by atoms with E-state index in [0.717, 1.165) is 5.56 Å². The van der Waals surface area contributed by atoms with Crippen molar-refractivity contribution in [2.75, 3.05) is 0 Å². The van der Waals surface area contributed by atoms with Crippen molar-refractivity contribution in [3.63, 3.8) is 0 Å². The van der Waals surface area contributed by atoms with Gasteiger partial charge in [0, 0.05) is 22.0 Å². The second-order valence-electron chi connectivity index (χ2n) is 6.17. The summed E-state index contributed by atoms with van der Waals surface area (Å²) in [5, 5.41) is 19.4. The van der Waals surface area contributed by atoms with Crippen molar-refractivity contribution in [3.05, 3.63) is 59.2 Å². The largest absolute Gasteiger partial charge is 0.478 e. The summed E-state index contributed by atoms with van der Waals surface area (Å²) < 4.78 is 0. The van der Waals surface area contributed by atoms with Gasteiger partial charge in [0.05, 0.1) is 0 Å². The predicted octanol–water partition coefficient (Wildman–Crippen LogP) is 3.79. The molecule has 122 valence electrons. The van der Waals surface area contributed by atoms with Crippen LogP contribution in [0.15, 0.2) is 53.6 Å². The molecule has 1 aliphatic carbocycles. The number of allylic oxidation sites excluding steroid dienone is 2. The molecule has 0 heterocycles. The SMILES string of the molecule is CCC1(C)C(C(=O)O)=CC(CC)(c2ccccc2)C=C1C(=O)O. The van der Waals surface area contributed by atoms with Gasteiger partial charge in [-0.2, -0.15) is 0 Å². The van der Waals surface area contributed by atoms with Crippen LogP contribution >= 0.6 is 0 Å². The van der Waals surface area contributed by atoms with Crippen LogP contribution in [0, 0.1) is 5.41 Å². The van der Waals surface area contributed by atoms with E-state index >= 15 is 0 Å². The number of carbonyl (C=O) groups is 2. The molecule has 1 aliphatic rings. The van der Waals surface area contributed by atoms with Crippen LogP contribution in [0.4, 0.5) is 0 Å². The van der Waals surface area contributed by atoms with Gasteiger partial charge in [0.2, 0.25) is 0 Å². The molecule has 4 nitrogen and oxygen atoms in total. The first-order valence-electron chi connectivity index (χ1n) is 7.79. The third kappa shape index (κ3) is 2.69. The summed E-state index contributed by atoms with van der Waals surface area (Å²) in [4.78, 5) is 23.7. The van der Waals surface area contributed by atoms with Crippen LogP contribution in [0.5, 0.6) is 0 Å². The molecule has 0 fully saturated rings. The maximum atomic E-state index is 11.8. The van der Waals surface area contributed by atoms with Gasteiger partial charge in [-0.25, -0.2) is 9.59 Å². The molecule has 0 amide bonds. The maximum absolute atomic E-state index is 11.8. The van der Waals surface area contributed by atoms with Crippen LogP contribution in [-0.2, 0) is 15.0 Å². The summed E-state index contributed by atoms with van der Waals surface area (Å²) in [6.45, 7) is 5.44. The molecule has 4 heteroatoms. The first-order valence-corrected chi connectivity index (χ1v) is 7.79. The van der Waals surface area contributed by atoms with E-state index in [-0.39, 0.29) is 11.1 Å². The lowest BCUT2D eigenvalue weighted by molar-refractivity contribution is -0.135. The number of hydrogen-bond acceptors (Lipinski definition) is 2. The molecule has 2 rings (SSSR count). The molecule has 0 saturated carbocycles. The Morgan fingerprint density at radius 2 is 1.39 bits per heavy atom. The number of hydrogen-bond donors (Lipinski definition) is 2. The van der Waals surface area contributed by atoms with Crippen molar-refractivity contribution >= 4 is 11.9 Å². The molecule has 0 aromatic heterocycles. The van der Waals surface area contributed by atoms with E-state index in [4.69, 9.17) is 0 Å². The van der Waals surface area contributed by atoms with Crippen LogP contribution in [-0.4, -0.2) is 22.2 Å². The molecule has 0 bridgehead atoms. The van der Waals surface area contributed by atoms with Gasteiger partial charge in [-0.05, 0) is 18.4 Å². The highest BCUT2D eigenvalue weighted by molar-refractivity contribution is 5.97. The van der Waals surface area contributed by atoms with E-state index in [1.54, 1.807) is 19.1 Å². The lowest BCUT2D eigenvalue weighted by atomic mass is 9.62. The summed E-state index contributed by atoms with van der Waals surface area (Å²) >= 11 is 0. The molecule has 0 aliphatic heterocycles. The van der Waals surface area contributed by atoms with Crippen molar-refractivity contribution in [1.29, 1.82) is 0 Å². The lowest BCUT2D eigenvalue weighted by Gasteiger charge is -2.40. The quantitative estimate of drug-likeness (QED) is 0.867. The van der Waals surface area contributed by atoms with E-state index in [2.05, 4.69) is 0 Å². The minimum atomic E-state index is -1.06. The summed E-state index contributed by atoms with van der Waals surface area (Å²) in [5.41, 5.74) is -0.489. The lowest BCUT2D eigenvalue weighted by Crippen LogP contribution is -2.38. The van der Waals surface area contributed by atoms with Gasteiger partial charge >= 0.3 is 11.9 Å². The molecule has 2 N–H and O–H groups in total. The number of carboxylic acid groups (broad SMARTS) is 2. The fourth-order valence-electron chi connectivity index (χ4n) is 3.32. The monoisotopic (exact) mass is 314 g/mol. The Morgan fingerprint density at radius 1 is 0.913 bits per heavy atom. The molecule has 0 atom stereocenters. The van der Waals surface area contributed by atoms with Crippen molar-refractivity contribution < 1.29 is 19.8 Å². The minimum Gasteiger partial charge on any atom is -0.478 e. The summed E-state index contributed by atoms with van der Waals surface area (Å²) in [6.07, 6.45) is 4.48. The van der Waals surface area contributed by atoms with Crippen LogP contribution in [0.1, 0.15) is 39.2 Å². The standard InChI is InChI=1S/C19H22O4/c1-4-18(3)14(16(20)21)11-19(5-2,12-15(18)17(22)23)13-9-7-6-8-10-13/h6-12H,4-5H2,1-3H3,(H,20,21)(H,22,23). The number of benzene rings is 1. The van der Waals surface area contributed by atoms with Gasteiger partial charge in [0.25, 0.3) is 0 Å². The Bertz CT molecular complexity index is 651. The van der Waals surface area contributed by atoms with Crippen molar-refractivity contribution in [2.24, 2.45) is 5.41 Å². The maximum Gasteiger partial charge on any atom is 0.332 e. The smallest absolute Gasteiger partial charge is 0.332 e. The Morgan fingerprint density at radius 3 is 1.74 bits per heavy atom. The fraction of sp³-hybridized carbons (Fsp3) is 0.368. The number of carboxylic acids is 2. The second-order valence-corrected chi connectivity index (χ2v) is 6.17. The van der Waals surface area contributed by atoms with Gasteiger partial charge in [-0.15, -0.1) is 0 Å². The summed E-state index contributed by atoms with van der Waals surface area (Å²) in [7, 11) is 0. The van der Waals surface area contributed by atoms with Crippen LogP contribution in [0.25, 0.3) is 0 Å². The van der Waals surface area contributed by atoms with E-state index in [1.165, 1.54) is 0 Å². The zero-order chi connectivity index (χ0) is 17.3. The fourth-order valence-corrected chi connectivity index (χ4v) is 3.32. The highest BCUT2D eigenvalue weighted by atomic mass is 16.4. The average Bonchev–Trinajstić information content (AvgIpc) is 2.55. The molecule has 1 aromatic rings. The van der Waals surface area contributed by atoms with Gasteiger partial charge in [0.1, 0.15) is 0 Å². The van der Waals surface area contributed by atoms with Gasteiger partial charge in [-0.3, -0.25) is 0 Å². The highest BCUT2D eigenvalue weighted by Crippen LogP contribution is 2.48. The summed E-state index contributed by atoms with van der Waals surface area (Å²) in [5.74, 6) is -2.12. The molecule has 1 aromatic carbocycles. The zero-order valence-electron chi connectivity index (χ0n) is 13.7. The molecular weight excluding hydrogens is 292 g/mol. The third-order valence-electron chi connectivity index (χ3n) is 5.06. The van der Waals surface area contributed by atoms with Crippen molar-refractivity contribution in [3.8, 4) is 0 Å². The first kappa shape index (κ1) is 17.0.